The van der Waals surface area contributed by atoms with Crippen molar-refractivity contribution < 1.29 is 9.53 Å². The molecule has 1 aromatic rings. The molecule has 0 spiro atoms. The number of carbonyl (C=O) groups is 1. The van der Waals surface area contributed by atoms with E-state index >= 15 is 0 Å². The Hall–Kier alpha value is -0.770. The maximum Gasteiger partial charge on any atom is 0.170 e. The Morgan fingerprint density at radius 1 is 1.50 bits per heavy atom. The third-order valence-electron chi connectivity index (χ3n) is 2.28. The van der Waals surface area contributed by atoms with Gasteiger partial charge in [-0.25, -0.2) is 0 Å². The first-order valence-electron chi connectivity index (χ1n) is 4.78. The van der Waals surface area contributed by atoms with E-state index in [1.54, 1.807) is 13.0 Å². The highest BCUT2D eigenvalue weighted by molar-refractivity contribution is 6.36. The molecule has 0 saturated carbocycles. The zero-order chi connectivity index (χ0) is 12.3. The smallest absolute Gasteiger partial charge is 0.170 e. The summed E-state index contributed by atoms with van der Waals surface area (Å²) in [5, 5.41) is 0.723. The van der Waals surface area contributed by atoms with Crippen molar-refractivity contribution in [1.82, 2.24) is 0 Å². The second-order valence-electron chi connectivity index (χ2n) is 3.47. The standard InChI is InChI=1S/C11H13Cl2NO2/c1-6(5-14)10(15)8-3-7(12)4-9(13)11(8)16-2/h3-4,6H,5,14H2,1-2H3. The minimum absolute atomic E-state index is 0.122. The van der Waals surface area contributed by atoms with E-state index in [2.05, 4.69) is 0 Å². The van der Waals surface area contributed by atoms with Crippen LogP contribution in [-0.4, -0.2) is 19.4 Å². The van der Waals surface area contributed by atoms with E-state index in [-0.39, 0.29) is 18.2 Å². The molecule has 88 valence electrons. The Labute approximate surface area is 104 Å². The minimum atomic E-state index is -0.288. The fraction of sp³-hybridized carbons (Fsp3) is 0.364. The molecule has 0 bridgehead atoms. The predicted octanol–water partition coefficient (Wildman–Crippen LogP) is 2.78. The van der Waals surface area contributed by atoms with E-state index in [1.807, 2.05) is 0 Å². The lowest BCUT2D eigenvalue weighted by Gasteiger charge is -2.13. The number of Topliss-reactive ketones (excluding diaryl/α,β-unsaturated/α-hetero) is 1. The van der Waals surface area contributed by atoms with E-state index in [9.17, 15) is 4.79 Å². The highest BCUT2D eigenvalue weighted by atomic mass is 35.5. The Morgan fingerprint density at radius 2 is 2.12 bits per heavy atom. The van der Waals surface area contributed by atoms with Gasteiger partial charge < -0.3 is 10.5 Å². The predicted molar refractivity (Wildman–Crippen MR) is 65.6 cm³/mol. The van der Waals surface area contributed by atoms with Crippen LogP contribution in [0.25, 0.3) is 0 Å². The van der Waals surface area contributed by atoms with Crippen molar-refractivity contribution in [3.05, 3.63) is 27.7 Å². The lowest BCUT2D eigenvalue weighted by Crippen LogP contribution is -2.21. The summed E-state index contributed by atoms with van der Waals surface area (Å²) in [4.78, 5) is 12.0. The first-order valence-corrected chi connectivity index (χ1v) is 5.54. The van der Waals surface area contributed by atoms with Gasteiger partial charge in [-0.3, -0.25) is 4.79 Å². The molecule has 5 heteroatoms. The molecule has 3 nitrogen and oxygen atoms in total. The zero-order valence-corrected chi connectivity index (χ0v) is 10.6. The summed E-state index contributed by atoms with van der Waals surface area (Å²) in [6, 6.07) is 3.08. The summed E-state index contributed by atoms with van der Waals surface area (Å²) in [6.07, 6.45) is 0. The summed E-state index contributed by atoms with van der Waals surface area (Å²) in [5.41, 5.74) is 5.82. The molecule has 1 unspecified atom stereocenters. The van der Waals surface area contributed by atoms with Gasteiger partial charge in [0.25, 0.3) is 0 Å². The molecule has 0 aliphatic carbocycles. The van der Waals surface area contributed by atoms with Crippen molar-refractivity contribution in [2.24, 2.45) is 11.7 Å². The second kappa shape index (κ2) is 5.53. The molecule has 1 rings (SSSR count). The fourth-order valence-electron chi connectivity index (χ4n) is 1.32. The number of hydrogen-bond donors (Lipinski definition) is 1. The van der Waals surface area contributed by atoms with Gasteiger partial charge in [-0.2, -0.15) is 0 Å². The minimum Gasteiger partial charge on any atom is -0.494 e. The lowest BCUT2D eigenvalue weighted by molar-refractivity contribution is 0.0931. The molecule has 2 N–H and O–H groups in total. The van der Waals surface area contributed by atoms with Crippen LogP contribution >= 0.6 is 23.2 Å². The van der Waals surface area contributed by atoms with Crippen molar-refractivity contribution in [3.63, 3.8) is 0 Å². The number of methoxy groups -OCH3 is 1. The van der Waals surface area contributed by atoms with Crippen LogP contribution in [0.1, 0.15) is 17.3 Å². The van der Waals surface area contributed by atoms with E-state index in [0.717, 1.165) is 0 Å². The molecular formula is C11H13Cl2NO2. The van der Waals surface area contributed by atoms with Crippen molar-refractivity contribution in [1.29, 1.82) is 0 Å². The number of hydrogen-bond acceptors (Lipinski definition) is 3. The number of benzene rings is 1. The Bertz CT molecular complexity index is 407. The summed E-state index contributed by atoms with van der Waals surface area (Å²) in [5.74, 6) is -0.0662. The first-order chi connectivity index (χ1) is 7.51. The molecule has 0 amide bonds. The Kier molecular flexibility index (Phi) is 4.59. The van der Waals surface area contributed by atoms with Crippen LogP contribution in [0.3, 0.4) is 0 Å². The number of nitrogens with two attached hydrogens (primary N) is 1. The number of ketones is 1. The van der Waals surface area contributed by atoms with Gasteiger partial charge in [-0.1, -0.05) is 30.1 Å². The van der Waals surface area contributed by atoms with Crippen LogP contribution in [0.15, 0.2) is 12.1 Å². The SMILES string of the molecule is COc1c(Cl)cc(Cl)cc1C(=O)C(C)CN. The first kappa shape index (κ1) is 13.3. The quantitative estimate of drug-likeness (QED) is 0.849. The summed E-state index contributed by atoms with van der Waals surface area (Å²) in [7, 11) is 1.46. The number of rotatable bonds is 4. The maximum absolute atomic E-state index is 12.0. The van der Waals surface area contributed by atoms with E-state index in [1.165, 1.54) is 13.2 Å². The van der Waals surface area contributed by atoms with Gasteiger partial charge in [-0.05, 0) is 12.1 Å². The second-order valence-corrected chi connectivity index (χ2v) is 4.31. The lowest BCUT2D eigenvalue weighted by atomic mass is 9.99. The highest BCUT2D eigenvalue weighted by Crippen LogP contribution is 2.33. The van der Waals surface area contributed by atoms with Gasteiger partial charge in [0, 0.05) is 17.5 Å². The van der Waals surface area contributed by atoms with Crippen molar-refractivity contribution in [2.75, 3.05) is 13.7 Å². The molecular weight excluding hydrogens is 249 g/mol. The maximum atomic E-state index is 12.0. The normalized spacial score (nSPS) is 12.3. The molecule has 0 heterocycles. The Morgan fingerprint density at radius 3 is 2.62 bits per heavy atom. The van der Waals surface area contributed by atoms with Gasteiger partial charge in [0.15, 0.2) is 5.78 Å². The summed E-state index contributed by atoms with van der Waals surface area (Å²) < 4.78 is 5.09. The third kappa shape index (κ3) is 2.67. The van der Waals surface area contributed by atoms with Crippen molar-refractivity contribution in [2.45, 2.75) is 6.92 Å². The summed E-state index contributed by atoms with van der Waals surface area (Å²) >= 11 is 11.8. The number of carbonyl (C=O) groups excluding carboxylic acids is 1. The zero-order valence-electron chi connectivity index (χ0n) is 9.09. The van der Waals surface area contributed by atoms with Gasteiger partial charge >= 0.3 is 0 Å². The molecule has 0 saturated heterocycles. The molecule has 0 fully saturated rings. The van der Waals surface area contributed by atoms with Gasteiger partial charge in [0.1, 0.15) is 5.75 Å². The monoisotopic (exact) mass is 261 g/mol. The van der Waals surface area contributed by atoms with Crippen molar-refractivity contribution >= 4 is 29.0 Å². The van der Waals surface area contributed by atoms with Crippen LogP contribution in [0.2, 0.25) is 10.0 Å². The summed E-state index contributed by atoms with van der Waals surface area (Å²) in [6.45, 7) is 2.02. The molecule has 0 aromatic heterocycles. The Balaban J connectivity index is 3.26. The highest BCUT2D eigenvalue weighted by Gasteiger charge is 2.20. The molecule has 1 atom stereocenters. The molecule has 0 aliphatic rings. The van der Waals surface area contributed by atoms with Crippen LogP contribution in [0.5, 0.6) is 5.75 Å². The van der Waals surface area contributed by atoms with Gasteiger partial charge in [0.2, 0.25) is 0 Å². The largest absolute Gasteiger partial charge is 0.494 e. The fourth-order valence-corrected chi connectivity index (χ4v) is 1.89. The molecule has 16 heavy (non-hydrogen) atoms. The number of halogens is 2. The van der Waals surface area contributed by atoms with E-state index < -0.39 is 0 Å². The van der Waals surface area contributed by atoms with E-state index in [0.29, 0.717) is 21.4 Å². The van der Waals surface area contributed by atoms with Crippen LogP contribution in [-0.2, 0) is 0 Å². The van der Waals surface area contributed by atoms with Gasteiger partial charge in [0.05, 0.1) is 17.7 Å². The van der Waals surface area contributed by atoms with Crippen molar-refractivity contribution in [3.8, 4) is 5.75 Å². The number of ether oxygens (including phenoxy) is 1. The third-order valence-corrected chi connectivity index (χ3v) is 2.78. The van der Waals surface area contributed by atoms with Crippen LogP contribution < -0.4 is 10.5 Å². The molecule has 0 aliphatic heterocycles. The van der Waals surface area contributed by atoms with Crippen LogP contribution in [0.4, 0.5) is 0 Å². The van der Waals surface area contributed by atoms with Gasteiger partial charge in [-0.15, -0.1) is 0 Å². The molecule has 1 aromatic carbocycles. The van der Waals surface area contributed by atoms with Crippen LogP contribution in [0, 0.1) is 5.92 Å². The average Bonchev–Trinajstić information content (AvgIpc) is 2.26. The topological polar surface area (TPSA) is 52.3 Å². The van der Waals surface area contributed by atoms with E-state index in [4.69, 9.17) is 33.7 Å². The molecule has 0 radical (unpaired) electrons. The average molecular weight is 262 g/mol.